The van der Waals surface area contributed by atoms with Crippen LogP contribution in [-0.4, -0.2) is 42.2 Å². The smallest absolute Gasteiger partial charge is 0.273 e. The molecule has 0 aliphatic rings. The first-order valence-corrected chi connectivity index (χ1v) is 7.03. The summed E-state index contributed by atoms with van der Waals surface area (Å²) in [5, 5.41) is 28.1. The lowest BCUT2D eigenvalue weighted by atomic mass is 10.2. The van der Waals surface area contributed by atoms with Crippen LogP contribution in [0.5, 0.6) is 0 Å². The molecule has 0 fully saturated rings. The predicted molar refractivity (Wildman–Crippen MR) is 69.0 cm³/mol. The van der Waals surface area contributed by atoms with Gasteiger partial charge in [-0.1, -0.05) is 6.07 Å². The van der Waals surface area contributed by atoms with Crippen LogP contribution in [0.4, 0.5) is 5.69 Å². The van der Waals surface area contributed by atoms with E-state index in [-0.39, 0.29) is 5.56 Å². The van der Waals surface area contributed by atoms with Gasteiger partial charge in [0, 0.05) is 11.6 Å². The number of aliphatic hydroxyl groups excluding tert-OH is 1. The minimum atomic E-state index is -4.29. The molecule has 0 saturated heterocycles. The van der Waals surface area contributed by atoms with Crippen molar-refractivity contribution in [3.8, 4) is 0 Å². The van der Waals surface area contributed by atoms with Crippen molar-refractivity contribution in [2.75, 3.05) is 6.61 Å². The van der Waals surface area contributed by atoms with Crippen LogP contribution in [0, 0.1) is 17.0 Å². The van der Waals surface area contributed by atoms with Gasteiger partial charge < -0.3 is 5.11 Å². The number of rotatable bonds is 6. The summed E-state index contributed by atoms with van der Waals surface area (Å²) in [6.45, 7) is 0.539. The van der Waals surface area contributed by atoms with Crippen LogP contribution in [0.2, 0.25) is 0 Å². The van der Waals surface area contributed by atoms with Gasteiger partial charge in [0.05, 0.1) is 16.4 Å². The Bertz CT molecular complexity index is 659. The summed E-state index contributed by atoms with van der Waals surface area (Å²) in [6, 6.07) is 1.58. The fraction of sp³-hybridized carbons (Fsp3) is 0.300. The molecule has 1 atom stereocenters. The zero-order valence-electron chi connectivity index (χ0n) is 10.8. The fourth-order valence-corrected chi connectivity index (χ4v) is 2.67. The molecule has 1 amide bonds. The molecular formula is C10H13N3O7S. The van der Waals surface area contributed by atoms with Crippen molar-refractivity contribution in [1.82, 2.24) is 10.2 Å². The van der Waals surface area contributed by atoms with E-state index < -0.39 is 44.1 Å². The Morgan fingerprint density at radius 1 is 1.48 bits per heavy atom. The lowest BCUT2D eigenvalue weighted by molar-refractivity contribution is -0.385. The number of amides is 1. The first kappa shape index (κ1) is 17.0. The minimum absolute atomic E-state index is 0.269. The van der Waals surface area contributed by atoms with Crippen LogP contribution in [0.25, 0.3) is 0 Å². The highest BCUT2D eigenvalue weighted by molar-refractivity contribution is 7.89. The molecule has 0 unspecified atom stereocenters. The topological polar surface area (TPSA) is 159 Å². The zero-order valence-corrected chi connectivity index (χ0v) is 11.6. The zero-order chi connectivity index (χ0) is 16.2. The molecule has 0 heterocycles. The number of nitrogens with zero attached hydrogens (tertiary/aromatic N) is 1. The largest absolute Gasteiger partial charge is 0.394 e. The van der Waals surface area contributed by atoms with E-state index in [0.29, 0.717) is 0 Å². The summed E-state index contributed by atoms with van der Waals surface area (Å²) in [5.41, 5.74) is 1.07. The second-order valence-corrected chi connectivity index (χ2v) is 5.75. The summed E-state index contributed by atoms with van der Waals surface area (Å²) in [4.78, 5) is 20.7. The molecule has 1 aromatic rings. The molecule has 0 aromatic heterocycles. The second kappa shape index (κ2) is 6.58. The average Bonchev–Trinajstić information content (AvgIpc) is 2.43. The van der Waals surface area contributed by atoms with E-state index in [4.69, 9.17) is 10.3 Å². The number of benzene rings is 1. The van der Waals surface area contributed by atoms with Gasteiger partial charge in [0.2, 0.25) is 10.0 Å². The van der Waals surface area contributed by atoms with Gasteiger partial charge in [0.15, 0.2) is 0 Å². The van der Waals surface area contributed by atoms with Crippen LogP contribution >= 0.6 is 0 Å². The summed E-state index contributed by atoms with van der Waals surface area (Å²) < 4.78 is 25.8. The van der Waals surface area contributed by atoms with Gasteiger partial charge in [-0.2, -0.15) is 4.72 Å². The monoisotopic (exact) mass is 319 g/mol. The molecule has 11 heteroatoms. The number of sulfonamides is 1. The molecule has 0 spiro atoms. The van der Waals surface area contributed by atoms with Crippen LogP contribution in [-0.2, 0) is 14.8 Å². The van der Waals surface area contributed by atoms with Crippen LogP contribution in [0.3, 0.4) is 0 Å². The first-order chi connectivity index (χ1) is 9.72. The molecule has 1 aromatic carbocycles. The maximum atomic E-state index is 12.0. The molecular weight excluding hydrogens is 306 g/mol. The van der Waals surface area contributed by atoms with Crippen molar-refractivity contribution in [3.05, 3.63) is 33.9 Å². The van der Waals surface area contributed by atoms with E-state index in [9.17, 15) is 23.3 Å². The third-order valence-electron chi connectivity index (χ3n) is 2.59. The van der Waals surface area contributed by atoms with Gasteiger partial charge in [-0.25, -0.2) is 13.9 Å². The van der Waals surface area contributed by atoms with Crippen LogP contribution in [0.15, 0.2) is 23.1 Å². The quantitative estimate of drug-likeness (QED) is 0.299. The third kappa shape index (κ3) is 3.95. The number of nitro groups is 1. The van der Waals surface area contributed by atoms with Gasteiger partial charge in [0.1, 0.15) is 6.04 Å². The van der Waals surface area contributed by atoms with Crippen molar-refractivity contribution in [3.63, 3.8) is 0 Å². The minimum Gasteiger partial charge on any atom is -0.394 e. The Morgan fingerprint density at radius 2 is 2.10 bits per heavy atom. The van der Waals surface area contributed by atoms with E-state index in [2.05, 4.69) is 0 Å². The van der Waals surface area contributed by atoms with E-state index in [0.717, 1.165) is 12.1 Å². The van der Waals surface area contributed by atoms with Gasteiger partial charge in [-0.05, 0) is 13.0 Å². The number of carbonyl (C=O) groups is 1. The molecule has 4 N–H and O–H groups in total. The fourth-order valence-electron chi connectivity index (χ4n) is 1.46. The Hall–Kier alpha value is -2.08. The Morgan fingerprint density at radius 3 is 2.57 bits per heavy atom. The summed E-state index contributed by atoms with van der Waals surface area (Å²) in [5.74, 6) is -1.16. The van der Waals surface area contributed by atoms with Gasteiger partial charge in [0.25, 0.3) is 11.6 Å². The average molecular weight is 319 g/mol. The number of hydroxylamine groups is 1. The van der Waals surface area contributed by atoms with E-state index >= 15 is 0 Å². The van der Waals surface area contributed by atoms with Crippen molar-refractivity contribution >= 4 is 21.6 Å². The van der Waals surface area contributed by atoms with Crippen LogP contribution < -0.4 is 10.2 Å². The third-order valence-corrected chi connectivity index (χ3v) is 4.06. The lowest BCUT2D eigenvalue weighted by Crippen LogP contribution is -2.47. The van der Waals surface area contributed by atoms with Gasteiger partial charge in [-0.3, -0.25) is 20.1 Å². The molecule has 116 valence electrons. The molecule has 0 aliphatic heterocycles. The molecule has 0 bridgehead atoms. The lowest BCUT2D eigenvalue weighted by Gasteiger charge is -2.14. The number of nitro benzene ring substituents is 1. The summed E-state index contributed by atoms with van der Waals surface area (Å²) >= 11 is 0. The molecule has 21 heavy (non-hydrogen) atoms. The van der Waals surface area contributed by atoms with Crippen molar-refractivity contribution in [2.24, 2.45) is 0 Å². The number of hydrogen-bond acceptors (Lipinski definition) is 7. The molecule has 0 saturated carbocycles. The van der Waals surface area contributed by atoms with E-state index in [1.54, 1.807) is 0 Å². The van der Waals surface area contributed by atoms with Gasteiger partial charge >= 0.3 is 0 Å². The normalized spacial score (nSPS) is 12.7. The first-order valence-electron chi connectivity index (χ1n) is 5.55. The summed E-state index contributed by atoms with van der Waals surface area (Å²) in [6.07, 6.45) is 0. The van der Waals surface area contributed by atoms with Crippen molar-refractivity contribution in [1.29, 1.82) is 0 Å². The number of nitrogens with one attached hydrogen (secondary N) is 2. The van der Waals surface area contributed by atoms with Gasteiger partial charge in [-0.15, -0.1) is 0 Å². The van der Waals surface area contributed by atoms with Crippen molar-refractivity contribution in [2.45, 2.75) is 17.9 Å². The number of aryl methyl sites for hydroxylation is 1. The van der Waals surface area contributed by atoms with E-state index in [1.165, 1.54) is 18.5 Å². The molecule has 0 radical (unpaired) electrons. The summed E-state index contributed by atoms with van der Waals surface area (Å²) in [7, 11) is -4.29. The Balaban J connectivity index is 3.16. The number of carbonyl (C=O) groups excluding carboxylic acids is 1. The Kier molecular flexibility index (Phi) is 5.32. The maximum absolute atomic E-state index is 12.0. The van der Waals surface area contributed by atoms with E-state index in [1.807, 2.05) is 4.72 Å². The standard InChI is InChI=1S/C10H13N3O7S/c1-6-2-3-7(4-9(6)13(17)18)21(19,20)12-8(5-14)10(15)11-16/h2-4,8,12,14,16H,5H2,1H3,(H,11,15)/t8-/m0/s1. The molecule has 0 aliphatic carbocycles. The highest BCUT2D eigenvalue weighted by Crippen LogP contribution is 2.22. The second-order valence-electron chi connectivity index (χ2n) is 4.04. The highest BCUT2D eigenvalue weighted by Gasteiger charge is 2.26. The Labute approximate surface area is 119 Å². The van der Waals surface area contributed by atoms with Crippen LogP contribution in [0.1, 0.15) is 5.56 Å². The number of hydrogen-bond donors (Lipinski definition) is 4. The SMILES string of the molecule is Cc1ccc(S(=O)(=O)N[C@@H](CO)C(=O)NO)cc1[N+](=O)[O-]. The molecule has 10 nitrogen and oxygen atoms in total. The highest BCUT2D eigenvalue weighted by atomic mass is 32.2. The predicted octanol–water partition coefficient (Wildman–Crippen LogP) is -0.952. The molecule has 1 rings (SSSR count). The van der Waals surface area contributed by atoms with Crippen molar-refractivity contribution < 1.29 is 28.4 Å². The number of aliphatic hydroxyl groups is 1. The maximum Gasteiger partial charge on any atom is 0.273 e.